The second-order valence-corrected chi connectivity index (χ2v) is 13.9. The van der Waals surface area contributed by atoms with Gasteiger partial charge in [0.25, 0.3) is 5.91 Å². The van der Waals surface area contributed by atoms with E-state index in [9.17, 15) is 18.0 Å². The van der Waals surface area contributed by atoms with Crippen LogP contribution in [0, 0.1) is 0 Å². The van der Waals surface area contributed by atoms with Crippen molar-refractivity contribution in [2.75, 3.05) is 12.3 Å². The molecule has 1 aliphatic heterocycles. The zero-order valence-electron chi connectivity index (χ0n) is 21.7. The predicted molar refractivity (Wildman–Crippen MR) is 146 cm³/mol. The van der Waals surface area contributed by atoms with E-state index < -0.39 is 38.9 Å². The number of halogens is 2. The first-order valence-electron chi connectivity index (χ1n) is 12.2. The van der Waals surface area contributed by atoms with Gasteiger partial charge < -0.3 is 15.0 Å². The van der Waals surface area contributed by atoms with Crippen LogP contribution in [-0.2, 0) is 24.2 Å². The molecule has 0 aliphatic carbocycles. The normalized spacial score (nSPS) is 21.5. The van der Waals surface area contributed by atoms with Crippen molar-refractivity contribution in [1.82, 2.24) is 10.2 Å². The molecule has 2 aromatic carbocycles. The lowest BCUT2D eigenvalue weighted by Crippen LogP contribution is -2.58. The van der Waals surface area contributed by atoms with Crippen LogP contribution in [0.2, 0.25) is 10.0 Å². The minimum absolute atomic E-state index is 0.0441. The highest BCUT2D eigenvalue weighted by atomic mass is 35.5. The maximum absolute atomic E-state index is 14.0. The van der Waals surface area contributed by atoms with Crippen LogP contribution < -0.4 is 5.32 Å². The summed E-state index contributed by atoms with van der Waals surface area (Å²) in [5, 5.41) is 3.70. The van der Waals surface area contributed by atoms with E-state index >= 15 is 0 Å². The lowest BCUT2D eigenvalue weighted by atomic mass is 9.90. The van der Waals surface area contributed by atoms with E-state index in [1.54, 1.807) is 56.0 Å². The summed E-state index contributed by atoms with van der Waals surface area (Å²) in [6.45, 7) is 8.14. The molecule has 0 spiro atoms. The molecule has 10 heteroatoms. The first-order valence-corrected chi connectivity index (χ1v) is 14.6. The molecule has 1 N–H and O–H groups in total. The van der Waals surface area contributed by atoms with Gasteiger partial charge in [-0.25, -0.2) is 8.42 Å². The molecule has 4 atom stereocenters. The molecular formula is C27H34Cl2N2O5S. The number of nitrogens with one attached hydrogen (secondary N) is 1. The third-order valence-electron chi connectivity index (χ3n) is 6.56. The summed E-state index contributed by atoms with van der Waals surface area (Å²) in [6.07, 6.45) is -1.29. The first kappa shape index (κ1) is 29.4. The van der Waals surface area contributed by atoms with E-state index in [1.165, 1.54) is 6.92 Å². The van der Waals surface area contributed by atoms with Gasteiger partial charge in [-0.1, -0.05) is 54.4 Å². The van der Waals surface area contributed by atoms with Gasteiger partial charge >= 0.3 is 0 Å². The Hall–Kier alpha value is -2.13. The Morgan fingerprint density at radius 2 is 1.73 bits per heavy atom. The van der Waals surface area contributed by atoms with Gasteiger partial charge in [0, 0.05) is 23.0 Å². The lowest BCUT2D eigenvalue weighted by molar-refractivity contribution is -0.178. The lowest BCUT2D eigenvalue weighted by Gasteiger charge is -2.48. The molecule has 1 saturated heterocycles. The monoisotopic (exact) mass is 568 g/mol. The highest BCUT2D eigenvalue weighted by Gasteiger charge is 2.48. The molecule has 0 bridgehead atoms. The summed E-state index contributed by atoms with van der Waals surface area (Å²) in [4.78, 5) is 27.3. The van der Waals surface area contributed by atoms with Crippen molar-refractivity contribution in [2.45, 2.75) is 70.1 Å². The summed E-state index contributed by atoms with van der Waals surface area (Å²) in [7, 11) is -3.57. The maximum atomic E-state index is 14.0. The Bertz CT molecular complexity index is 1230. The number of benzene rings is 2. The summed E-state index contributed by atoms with van der Waals surface area (Å²) in [5.41, 5.74) is 1.47. The van der Waals surface area contributed by atoms with Crippen molar-refractivity contribution in [1.29, 1.82) is 0 Å². The van der Waals surface area contributed by atoms with Crippen molar-refractivity contribution < 1.29 is 22.7 Å². The number of sulfone groups is 1. The highest BCUT2D eigenvalue weighted by molar-refractivity contribution is 7.92. The van der Waals surface area contributed by atoms with Crippen LogP contribution >= 0.6 is 23.2 Å². The van der Waals surface area contributed by atoms with Crippen LogP contribution in [0.5, 0.6) is 0 Å². The first-order chi connectivity index (χ1) is 17.2. The molecule has 202 valence electrons. The topological polar surface area (TPSA) is 92.8 Å². The van der Waals surface area contributed by atoms with Gasteiger partial charge in [0.1, 0.15) is 6.10 Å². The van der Waals surface area contributed by atoms with Crippen molar-refractivity contribution >= 4 is 44.9 Å². The number of nitrogens with zero attached hydrogens (tertiary/aromatic N) is 1. The van der Waals surface area contributed by atoms with Gasteiger partial charge in [0.05, 0.1) is 23.1 Å². The molecule has 7 nitrogen and oxygen atoms in total. The zero-order chi connectivity index (χ0) is 27.5. The molecular weight excluding hydrogens is 535 g/mol. The van der Waals surface area contributed by atoms with E-state index in [-0.39, 0.29) is 24.1 Å². The summed E-state index contributed by atoms with van der Waals surface area (Å²) < 4.78 is 32.0. The number of carbonyl (C=O) groups excluding carboxylic acids is 2. The number of ether oxygens (including phenoxy) is 1. The molecule has 1 aliphatic rings. The summed E-state index contributed by atoms with van der Waals surface area (Å²) in [5.74, 6) is -0.898. The molecule has 0 unspecified atom stereocenters. The van der Waals surface area contributed by atoms with E-state index in [0.717, 1.165) is 11.1 Å². The summed E-state index contributed by atoms with van der Waals surface area (Å²) in [6, 6.07) is 13.0. The maximum Gasteiger partial charge on any atom is 0.254 e. The Morgan fingerprint density at radius 1 is 1.08 bits per heavy atom. The molecule has 0 radical (unpaired) electrons. The minimum atomic E-state index is -3.57. The molecule has 0 aromatic heterocycles. The molecule has 1 fully saturated rings. The Kier molecular flexibility index (Phi) is 9.32. The number of carbonyl (C=O) groups is 2. The standard InChI is InChI=1S/C27H34Cl2N2O5S/c1-6-22(16-37(34,35)27(3,4)5)31-24(18-10-12-20(28)13-11-18)25(19-8-7-9-21(29)14-19)36-23(26(31)33)15-30-17(2)32/h7-14,22-25H,6,15-16H2,1-5H3,(H,30,32)/t22-,23+,24+,25+/m0/s1. The van der Waals surface area contributed by atoms with Gasteiger partial charge in [0.2, 0.25) is 5.91 Å². The Balaban J connectivity index is 2.19. The van der Waals surface area contributed by atoms with Gasteiger partial charge in [-0.05, 0) is 62.6 Å². The number of hydrogen-bond acceptors (Lipinski definition) is 5. The highest BCUT2D eigenvalue weighted by Crippen LogP contribution is 2.44. The van der Waals surface area contributed by atoms with Crippen molar-refractivity contribution in [3.05, 3.63) is 69.7 Å². The molecule has 37 heavy (non-hydrogen) atoms. The van der Waals surface area contributed by atoms with Crippen molar-refractivity contribution in [3.63, 3.8) is 0 Å². The molecule has 3 rings (SSSR count). The zero-order valence-corrected chi connectivity index (χ0v) is 24.0. The Morgan fingerprint density at radius 3 is 2.27 bits per heavy atom. The number of amides is 2. The second-order valence-electron chi connectivity index (χ2n) is 10.2. The Labute approximate surface area is 229 Å². The SMILES string of the molecule is CC[C@@H](CS(=O)(=O)C(C)(C)C)N1C(=O)[C@@H](CNC(C)=O)O[C@H](c2cccc(Cl)c2)[C@H]1c1ccc(Cl)cc1. The average Bonchev–Trinajstić information content (AvgIpc) is 2.81. The van der Waals surface area contributed by atoms with Gasteiger partial charge in [0.15, 0.2) is 15.9 Å². The molecule has 1 heterocycles. The smallest absolute Gasteiger partial charge is 0.254 e. The largest absolute Gasteiger partial charge is 0.356 e. The van der Waals surface area contributed by atoms with Crippen LogP contribution in [-0.4, -0.2) is 54.3 Å². The van der Waals surface area contributed by atoms with Gasteiger partial charge in [-0.3, -0.25) is 9.59 Å². The van der Waals surface area contributed by atoms with Crippen LogP contribution in [0.4, 0.5) is 0 Å². The minimum Gasteiger partial charge on any atom is -0.356 e. The van der Waals surface area contributed by atoms with Crippen LogP contribution in [0.25, 0.3) is 0 Å². The van der Waals surface area contributed by atoms with Crippen molar-refractivity contribution in [3.8, 4) is 0 Å². The quantitative estimate of drug-likeness (QED) is 0.476. The third kappa shape index (κ3) is 6.85. The van der Waals surface area contributed by atoms with Crippen LogP contribution in [0.15, 0.2) is 48.5 Å². The second kappa shape index (κ2) is 11.7. The number of hydrogen-bond donors (Lipinski definition) is 1. The molecule has 2 amide bonds. The van der Waals surface area contributed by atoms with Crippen molar-refractivity contribution in [2.24, 2.45) is 0 Å². The average molecular weight is 570 g/mol. The number of morpholine rings is 1. The van der Waals surface area contributed by atoms with E-state index in [2.05, 4.69) is 5.32 Å². The predicted octanol–water partition coefficient (Wildman–Crippen LogP) is 5.13. The fourth-order valence-corrected chi connectivity index (χ4v) is 6.10. The fraction of sp³-hybridized carbons (Fsp3) is 0.481. The summed E-state index contributed by atoms with van der Waals surface area (Å²) >= 11 is 12.5. The van der Waals surface area contributed by atoms with Gasteiger partial charge in [-0.15, -0.1) is 0 Å². The van der Waals surface area contributed by atoms with Gasteiger partial charge in [-0.2, -0.15) is 0 Å². The number of rotatable bonds is 8. The fourth-order valence-electron chi connectivity index (χ4n) is 4.38. The van der Waals surface area contributed by atoms with E-state index in [0.29, 0.717) is 16.5 Å². The van der Waals surface area contributed by atoms with E-state index in [1.807, 2.05) is 25.1 Å². The third-order valence-corrected chi connectivity index (χ3v) is 9.74. The van der Waals surface area contributed by atoms with Crippen LogP contribution in [0.1, 0.15) is 64.3 Å². The molecule has 0 saturated carbocycles. The molecule has 2 aromatic rings. The van der Waals surface area contributed by atoms with E-state index in [4.69, 9.17) is 27.9 Å². The van der Waals surface area contributed by atoms with Crippen LogP contribution in [0.3, 0.4) is 0 Å².